The molecule has 2 amide bonds. The fourth-order valence-electron chi connectivity index (χ4n) is 6.64. The highest BCUT2D eigenvalue weighted by molar-refractivity contribution is 7.99. The molecule has 1 aliphatic rings. The van der Waals surface area contributed by atoms with Crippen molar-refractivity contribution in [3.8, 4) is 16.8 Å². The van der Waals surface area contributed by atoms with Gasteiger partial charge in [0.1, 0.15) is 0 Å². The maximum atomic E-state index is 12.8. The molecule has 3 atom stereocenters. The molecule has 0 aliphatic carbocycles. The van der Waals surface area contributed by atoms with Gasteiger partial charge >= 0.3 is 0 Å². The third-order valence-electron chi connectivity index (χ3n) is 9.73. The van der Waals surface area contributed by atoms with Crippen LogP contribution in [0.15, 0.2) is 133 Å². The molecule has 7 rings (SSSR count). The highest BCUT2D eigenvalue weighted by Crippen LogP contribution is 2.40. The summed E-state index contributed by atoms with van der Waals surface area (Å²) in [5, 5.41) is 28.5. The van der Waals surface area contributed by atoms with Gasteiger partial charge in [0.05, 0.1) is 35.9 Å². The van der Waals surface area contributed by atoms with Gasteiger partial charge in [0.15, 0.2) is 6.29 Å². The Morgan fingerprint density at radius 3 is 2.28 bits per heavy atom. The van der Waals surface area contributed by atoms with Gasteiger partial charge in [-0.1, -0.05) is 115 Å². The molecule has 12 nitrogen and oxygen atoms in total. The van der Waals surface area contributed by atoms with Crippen molar-refractivity contribution in [1.29, 1.82) is 0 Å². The number of para-hydroxylation sites is 3. The zero-order valence-corrected chi connectivity index (χ0v) is 32.2. The van der Waals surface area contributed by atoms with Crippen LogP contribution in [0.3, 0.4) is 0 Å². The summed E-state index contributed by atoms with van der Waals surface area (Å²) in [5.41, 5.74) is 13.6. The van der Waals surface area contributed by atoms with Crippen molar-refractivity contribution in [2.24, 2.45) is 0 Å². The predicted molar refractivity (Wildman–Crippen MR) is 220 cm³/mol. The molecule has 2 heterocycles. The summed E-state index contributed by atoms with van der Waals surface area (Å²) in [7, 11) is 0. The SMILES string of the molecule is Nc1ccccc1NC(=O)CCCCC(=O)NCc1ccccc1-c1ccc([C@@H]2O[C@H](CSc3nnnn3-c3ccccc3)C[C@H](c3ccc(CO)cc3)O2)cc1. The zero-order valence-electron chi connectivity index (χ0n) is 31.4. The van der Waals surface area contributed by atoms with Crippen LogP contribution in [-0.2, 0) is 32.2 Å². The number of tetrazole rings is 1. The number of amides is 2. The van der Waals surface area contributed by atoms with Crippen LogP contribution in [0, 0.1) is 0 Å². The largest absolute Gasteiger partial charge is 0.397 e. The summed E-state index contributed by atoms with van der Waals surface area (Å²) in [4.78, 5) is 25.1. The molecule has 5 N–H and O–H groups in total. The molecule has 292 valence electrons. The van der Waals surface area contributed by atoms with E-state index in [2.05, 4.69) is 26.2 Å². The lowest BCUT2D eigenvalue weighted by atomic mass is 9.97. The number of aliphatic hydroxyl groups is 1. The maximum Gasteiger partial charge on any atom is 0.224 e. The van der Waals surface area contributed by atoms with Crippen LogP contribution in [0.25, 0.3) is 16.8 Å². The van der Waals surface area contributed by atoms with Crippen molar-refractivity contribution in [3.05, 3.63) is 150 Å². The summed E-state index contributed by atoms with van der Waals surface area (Å²) < 4.78 is 14.9. The van der Waals surface area contributed by atoms with Crippen molar-refractivity contribution in [1.82, 2.24) is 25.5 Å². The van der Waals surface area contributed by atoms with Gasteiger partial charge in [-0.3, -0.25) is 9.59 Å². The third kappa shape index (κ3) is 10.5. The maximum absolute atomic E-state index is 12.8. The number of nitrogens with zero attached hydrogens (tertiary/aromatic N) is 4. The Balaban J connectivity index is 0.970. The lowest BCUT2D eigenvalue weighted by Crippen LogP contribution is -2.31. The molecule has 0 bridgehead atoms. The highest BCUT2D eigenvalue weighted by atomic mass is 32.2. The fraction of sp³-hybridized carbons (Fsp3) is 0.250. The number of anilines is 2. The average Bonchev–Trinajstić information content (AvgIpc) is 3.74. The van der Waals surface area contributed by atoms with Crippen LogP contribution >= 0.6 is 11.8 Å². The van der Waals surface area contributed by atoms with Crippen molar-refractivity contribution in [2.75, 3.05) is 16.8 Å². The molecule has 1 saturated heterocycles. The Kier molecular flexibility index (Phi) is 13.4. The summed E-state index contributed by atoms with van der Waals surface area (Å²) in [5.74, 6) is 0.416. The van der Waals surface area contributed by atoms with Crippen LogP contribution in [0.4, 0.5) is 11.4 Å². The Morgan fingerprint density at radius 1 is 0.807 bits per heavy atom. The van der Waals surface area contributed by atoms with E-state index in [4.69, 9.17) is 15.2 Å². The minimum atomic E-state index is -0.622. The second kappa shape index (κ2) is 19.3. The summed E-state index contributed by atoms with van der Waals surface area (Å²) in [6, 6.07) is 40.9. The molecule has 0 spiro atoms. The first-order valence-corrected chi connectivity index (χ1v) is 20.0. The minimum absolute atomic E-state index is 0.0250. The normalized spacial score (nSPS) is 16.5. The molecule has 0 saturated carbocycles. The first-order chi connectivity index (χ1) is 27.9. The van der Waals surface area contributed by atoms with Crippen LogP contribution in [0.2, 0.25) is 0 Å². The van der Waals surface area contributed by atoms with Crippen molar-refractivity contribution >= 4 is 35.0 Å². The van der Waals surface area contributed by atoms with Crippen LogP contribution in [-0.4, -0.2) is 49.0 Å². The van der Waals surface area contributed by atoms with Gasteiger partial charge in [0, 0.05) is 37.1 Å². The Labute approximate surface area is 335 Å². The number of aliphatic hydroxyl groups excluding tert-OH is 1. The number of carbonyl (C=O) groups is 2. The van der Waals surface area contributed by atoms with E-state index in [0.717, 1.165) is 39.1 Å². The van der Waals surface area contributed by atoms with E-state index in [-0.39, 0.29) is 30.6 Å². The summed E-state index contributed by atoms with van der Waals surface area (Å²) in [6.07, 6.45) is 1.43. The molecule has 0 unspecified atom stereocenters. The number of nitrogen functional groups attached to an aromatic ring is 1. The number of aromatic nitrogens is 4. The van der Waals surface area contributed by atoms with Gasteiger partial charge in [-0.15, -0.1) is 5.10 Å². The Morgan fingerprint density at radius 2 is 1.51 bits per heavy atom. The Hall–Kier alpha value is -5.86. The summed E-state index contributed by atoms with van der Waals surface area (Å²) >= 11 is 1.53. The number of benzene rings is 5. The first-order valence-electron chi connectivity index (χ1n) is 19.0. The van der Waals surface area contributed by atoms with E-state index in [1.807, 2.05) is 115 Å². The standard InChI is InChI=1S/C44H45N7O5S/c45-38-14-6-7-15-39(38)47-42(54)17-9-8-16-41(53)46-27-34-10-4-5-13-37(34)31-22-24-33(25-23-31)43-55-36(26-40(56-43)32-20-18-30(28-52)19-21-32)29-57-44-48-49-50-51(44)35-11-2-1-3-12-35/h1-7,10-15,18-25,36,40,43,52H,8-9,16-17,26-29,45H2,(H,46,53)(H,47,54)/t36-,40+,43+/m0/s1. The van der Waals surface area contributed by atoms with Crippen LogP contribution < -0.4 is 16.4 Å². The zero-order chi connectivity index (χ0) is 39.4. The van der Waals surface area contributed by atoms with E-state index in [9.17, 15) is 14.7 Å². The Bertz CT molecular complexity index is 2230. The number of carbonyl (C=O) groups excluding carboxylic acids is 2. The van der Waals surface area contributed by atoms with Crippen LogP contribution in [0.5, 0.6) is 0 Å². The van der Waals surface area contributed by atoms with Crippen molar-refractivity contribution in [3.63, 3.8) is 0 Å². The number of thioether (sulfide) groups is 1. The lowest BCUT2D eigenvalue weighted by Gasteiger charge is -2.36. The number of hydrogen-bond acceptors (Lipinski definition) is 10. The molecular weight excluding hydrogens is 739 g/mol. The van der Waals surface area contributed by atoms with Crippen molar-refractivity contribution < 1.29 is 24.2 Å². The van der Waals surface area contributed by atoms with E-state index in [1.165, 1.54) is 11.8 Å². The van der Waals surface area contributed by atoms with E-state index in [1.54, 1.807) is 16.8 Å². The predicted octanol–water partition coefficient (Wildman–Crippen LogP) is 7.56. The number of ether oxygens (including phenoxy) is 2. The molecule has 1 aliphatic heterocycles. The minimum Gasteiger partial charge on any atom is -0.397 e. The number of unbranched alkanes of at least 4 members (excludes halogenated alkanes) is 1. The molecule has 13 heteroatoms. The smallest absolute Gasteiger partial charge is 0.224 e. The number of nitrogens with one attached hydrogen (secondary N) is 2. The molecule has 6 aromatic rings. The number of rotatable bonds is 16. The van der Waals surface area contributed by atoms with Gasteiger partial charge in [-0.25, -0.2) is 0 Å². The third-order valence-corrected chi connectivity index (χ3v) is 10.8. The summed E-state index contributed by atoms with van der Waals surface area (Å²) in [6.45, 7) is 0.353. The van der Waals surface area contributed by atoms with Crippen molar-refractivity contribution in [2.45, 2.75) is 68.9 Å². The van der Waals surface area contributed by atoms with E-state index < -0.39 is 6.29 Å². The topological polar surface area (TPSA) is 167 Å². The molecule has 57 heavy (non-hydrogen) atoms. The fourth-order valence-corrected chi connectivity index (χ4v) is 7.55. The molecule has 5 aromatic carbocycles. The molecule has 1 aromatic heterocycles. The van der Waals surface area contributed by atoms with E-state index in [0.29, 0.717) is 60.9 Å². The monoisotopic (exact) mass is 783 g/mol. The van der Waals surface area contributed by atoms with Crippen LogP contribution in [0.1, 0.15) is 66.8 Å². The van der Waals surface area contributed by atoms with Gasteiger partial charge in [0.2, 0.25) is 17.0 Å². The highest BCUT2D eigenvalue weighted by Gasteiger charge is 2.33. The van der Waals surface area contributed by atoms with Gasteiger partial charge in [-0.2, -0.15) is 4.68 Å². The first kappa shape index (κ1) is 39.4. The van der Waals surface area contributed by atoms with Gasteiger partial charge in [-0.05, 0) is 75.4 Å². The quantitative estimate of drug-likeness (QED) is 0.0437. The average molecular weight is 784 g/mol. The second-order valence-electron chi connectivity index (χ2n) is 13.8. The number of hydrogen-bond donors (Lipinski definition) is 4. The lowest BCUT2D eigenvalue weighted by molar-refractivity contribution is -0.245. The molecular formula is C44H45N7O5S. The molecule has 1 fully saturated rings. The van der Waals surface area contributed by atoms with Gasteiger partial charge < -0.3 is 30.9 Å². The second-order valence-corrected chi connectivity index (χ2v) is 14.8. The van der Waals surface area contributed by atoms with E-state index >= 15 is 0 Å². The molecule has 0 radical (unpaired) electrons. The number of nitrogens with two attached hydrogens (primary N) is 1. The van der Waals surface area contributed by atoms with Gasteiger partial charge in [0.25, 0.3) is 0 Å².